The van der Waals surface area contributed by atoms with Gasteiger partial charge < -0.3 is 19.4 Å². The molecule has 1 aromatic heterocycles. The number of nitrogens with one attached hydrogen (secondary N) is 2. The van der Waals surface area contributed by atoms with Crippen LogP contribution in [0, 0.1) is 0 Å². The summed E-state index contributed by atoms with van der Waals surface area (Å²) in [6.45, 7) is 4.19. The average Bonchev–Trinajstić information content (AvgIpc) is 3.20. The Kier molecular flexibility index (Phi) is 6.58. The normalized spacial score (nSPS) is 18.8. The van der Waals surface area contributed by atoms with E-state index < -0.39 is 0 Å². The fourth-order valence-corrected chi connectivity index (χ4v) is 4.18. The highest BCUT2D eigenvalue weighted by Gasteiger charge is 2.29. The van der Waals surface area contributed by atoms with E-state index >= 15 is 0 Å². The third-order valence-electron chi connectivity index (χ3n) is 5.79. The van der Waals surface area contributed by atoms with Crippen molar-refractivity contribution in [2.75, 3.05) is 19.1 Å². The van der Waals surface area contributed by atoms with E-state index in [9.17, 15) is 4.79 Å². The van der Waals surface area contributed by atoms with Gasteiger partial charge in [-0.25, -0.2) is 10.4 Å². The van der Waals surface area contributed by atoms with Gasteiger partial charge in [0.05, 0.1) is 24.4 Å². The molecular weight excluding hydrogens is 406 g/mol. The molecule has 2 atom stereocenters. The summed E-state index contributed by atoms with van der Waals surface area (Å²) in [6, 6.07) is 13.7. The molecule has 0 aliphatic carbocycles. The van der Waals surface area contributed by atoms with Gasteiger partial charge in [0.25, 0.3) is 5.91 Å². The second kappa shape index (κ2) is 9.72. The van der Waals surface area contributed by atoms with Crippen LogP contribution in [0.3, 0.4) is 0 Å². The summed E-state index contributed by atoms with van der Waals surface area (Å²) in [5, 5.41) is 4.24. The number of ether oxygens (including phenoxy) is 2. The maximum atomic E-state index is 12.7. The summed E-state index contributed by atoms with van der Waals surface area (Å²) < 4.78 is 11.3. The van der Waals surface area contributed by atoms with E-state index in [4.69, 9.17) is 9.47 Å². The number of imidazole rings is 1. The molecule has 2 aromatic carbocycles. The zero-order valence-electron chi connectivity index (χ0n) is 18.7. The first-order valence-corrected chi connectivity index (χ1v) is 10.9. The summed E-state index contributed by atoms with van der Waals surface area (Å²) >= 11 is 0. The van der Waals surface area contributed by atoms with E-state index in [1.54, 1.807) is 19.4 Å². The van der Waals surface area contributed by atoms with Gasteiger partial charge in [-0.15, -0.1) is 0 Å². The number of H-pyrrole nitrogens is 1. The molecule has 8 nitrogen and oxygen atoms in total. The van der Waals surface area contributed by atoms with Crippen molar-refractivity contribution >= 4 is 29.1 Å². The molecule has 0 bridgehead atoms. The lowest BCUT2D eigenvalue weighted by Gasteiger charge is -2.39. The number of nitrogens with zero attached hydrogens (tertiary/aromatic N) is 3. The Balaban J connectivity index is 1.37. The minimum atomic E-state index is -0.00785. The van der Waals surface area contributed by atoms with Gasteiger partial charge in [0.2, 0.25) is 5.95 Å². The van der Waals surface area contributed by atoms with Crippen molar-refractivity contribution in [1.29, 1.82) is 0 Å². The fourth-order valence-electron chi connectivity index (χ4n) is 4.18. The van der Waals surface area contributed by atoms with E-state index in [2.05, 4.69) is 34.3 Å². The molecule has 2 heterocycles. The number of benzene rings is 2. The molecule has 2 unspecified atom stereocenters. The number of amides is 1. The van der Waals surface area contributed by atoms with Gasteiger partial charge >= 0.3 is 0 Å². The van der Waals surface area contributed by atoms with Crippen molar-refractivity contribution < 1.29 is 14.3 Å². The molecule has 1 aliphatic heterocycles. The van der Waals surface area contributed by atoms with Crippen LogP contribution in [0.2, 0.25) is 0 Å². The zero-order chi connectivity index (χ0) is 22.5. The van der Waals surface area contributed by atoms with Gasteiger partial charge in [-0.2, -0.15) is 5.10 Å². The van der Waals surface area contributed by atoms with Crippen molar-refractivity contribution in [2.24, 2.45) is 5.10 Å². The second-order valence-corrected chi connectivity index (χ2v) is 8.10. The standard InChI is InChI=1S/C24H29N5O3/c1-16-7-6-8-17(2)29(16)23(30)15-32-21-12-11-18(13-22(21)31-3)14-25-28-24-26-19-9-4-5-10-20(19)27-24/h4-5,9-14,16-17H,6-8,15H2,1-3H3,(H2,26,27,28)/b25-14+. The molecule has 0 radical (unpaired) electrons. The van der Waals surface area contributed by atoms with E-state index in [1.165, 1.54) is 0 Å². The van der Waals surface area contributed by atoms with Crippen LogP contribution in [-0.2, 0) is 4.79 Å². The van der Waals surface area contributed by atoms with Crippen LogP contribution in [0.5, 0.6) is 11.5 Å². The summed E-state index contributed by atoms with van der Waals surface area (Å²) in [6.07, 6.45) is 4.90. The van der Waals surface area contributed by atoms with Gasteiger partial charge in [-0.05, 0) is 69.0 Å². The number of likely N-dealkylation sites (tertiary alicyclic amines) is 1. The SMILES string of the molecule is COc1cc(/C=N/Nc2nc3ccccc3[nH]2)ccc1OCC(=O)N1C(C)CCCC1C. The molecule has 32 heavy (non-hydrogen) atoms. The number of para-hydroxylation sites is 2. The summed E-state index contributed by atoms with van der Waals surface area (Å²) in [5.41, 5.74) is 5.53. The number of hydrogen-bond donors (Lipinski definition) is 2. The zero-order valence-corrected chi connectivity index (χ0v) is 18.7. The molecule has 8 heteroatoms. The topological polar surface area (TPSA) is 91.8 Å². The van der Waals surface area contributed by atoms with Crippen LogP contribution in [-0.4, -0.2) is 52.8 Å². The molecule has 1 amide bonds. The molecule has 4 rings (SSSR count). The Bertz CT molecular complexity index is 1070. The largest absolute Gasteiger partial charge is 0.493 e. The molecular formula is C24H29N5O3. The number of carbonyl (C=O) groups is 1. The lowest BCUT2D eigenvalue weighted by atomic mass is 9.97. The monoisotopic (exact) mass is 435 g/mol. The number of rotatable bonds is 7. The van der Waals surface area contributed by atoms with E-state index in [-0.39, 0.29) is 24.6 Å². The first-order valence-electron chi connectivity index (χ1n) is 10.9. The highest BCUT2D eigenvalue weighted by atomic mass is 16.5. The van der Waals surface area contributed by atoms with Crippen LogP contribution >= 0.6 is 0 Å². The lowest BCUT2D eigenvalue weighted by Crippen LogP contribution is -2.49. The van der Waals surface area contributed by atoms with Crippen LogP contribution in [0.4, 0.5) is 5.95 Å². The highest BCUT2D eigenvalue weighted by Crippen LogP contribution is 2.28. The number of carbonyl (C=O) groups excluding carboxylic acids is 1. The number of hydrogen-bond acceptors (Lipinski definition) is 6. The lowest BCUT2D eigenvalue weighted by molar-refractivity contribution is -0.139. The molecule has 0 saturated carbocycles. The predicted octanol–water partition coefficient (Wildman–Crippen LogP) is 4.19. The average molecular weight is 436 g/mol. The quantitative estimate of drug-likeness (QED) is 0.429. The van der Waals surface area contributed by atoms with Crippen molar-refractivity contribution in [3.05, 3.63) is 48.0 Å². The third kappa shape index (κ3) is 4.85. The number of piperidine rings is 1. The molecule has 1 aliphatic rings. The molecule has 0 spiro atoms. The van der Waals surface area contributed by atoms with Crippen molar-refractivity contribution in [2.45, 2.75) is 45.2 Å². The van der Waals surface area contributed by atoms with Crippen LogP contribution in [0.15, 0.2) is 47.6 Å². The number of fused-ring (bicyclic) bond motifs is 1. The first kappa shape index (κ1) is 21.7. The van der Waals surface area contributed by atoms with E-state index in [1.807, 2.05) is 41.3 Å². The van der Waals surface area contributed by atoms with Gasteiger partial charge in [-0.1, -0.05) is 12.1 Å². The van der Waals surface area contributed by atoms with Crippen LogP contribution < -0.4 is 14.9 Å². The van der Waals surface area contributed by atoms with E-state index in [0.29, 0.717) is 17.4 Å². The minimum Gasteiger partial charge on any atom is -0.493 e. The van der Waals surface area contributed by atoms with Gasteiger partial charge in [0, 0.05) is 12.1 Å². The van der Waals surface area contributed by atoms with Crippen LogP contribution in [0.1, 0.15) is 38.7 Å². The first-order chi connectivity index (χ1) is 15.5. The Hall–Kier alpha value is -3.55. The number of aromatic nitrogens is 2. The van der Waals surface area contributed by atoms with Crippen molar-refractivity contribution in [3.8, 4) is 11.5 Å². The Morgan fingerprint density at radius 1 is 1.22 bits per heavy atom. The summed E-state index contributed by atoms with van der Waals surface area (Å²) in [4.78, 5) is 22.2. The number of anilines is 1. The number of aromatic amines is 1. The maximum absolute atomic E-state index is 12.7. The molecule has 1 saturated heterocycles. The molecule has 168 valence electrons. The van der Waals surface area contributed by atoms with Crippen molar-refractivity contribution in [3.63, 3.8) is 0 Å². The van der Waals surface area contributed by atoms with Crippen LogP contribution in [0.25, 0.3) is 11.0 Å². The number of methoxy groups -OCH3 is 1. The smallest absolute Gasteiger partial charge is 0.260 e. The molecule has 3 aromatic rings. The van der Waals surface area contributed by atoms with Gasteiger partial charge in [-0.3, -0.25) is 4.79 Å². The van der Waals surface area contributed by atoms with E-state index in [0.717, 1.165) is 35.9 Å². The fraction of sp³-hybridized carbons (Fsp3) is 0.375. The summed E-state index contributed by atoms with van der Waals surface area (Å²) in [5.74, 6) is 1.65. The number of hydrazone groups is 1. The minimum absolute atomic E-state index is 0.00688. The Labute approximate surface area is 187 Å². The summed E-state index contributed by atoms with van der Waals surface area (Å²) in [7, 11) is 1.58. The van der Waals surface area contributed by atoms with Gasteiger partial charge in [0.15, 0.2) is 18.1 Å². The Morgan fingerprint density at radius 3 is 2.75 bits per heavy atom. The third-order valence-corrected chi connectivity index (χ3v) is 5.79. The molecule has 2 N–H and O–H groups in total. The maximum Gasteiger partial charge on any atom is 0.260 e. The molecule has 1 fully saturated rings. The predicted molar refractivity (Wildman–Crippen MR) is 125 cm³/mol. The Morgan fingerprint density at radius 2 is 2.00 bits per heavy atom. The van der Waals surface area contributed by atoms with Crippen molar-refractivity contribution in [1.82, 2.24) is 14.9 Å². The highest BCUT2D eigenvalue weighted by molar-refractivity contribution is 5.82. The second-order valence-electron chi connectivity index (χ2n) is 8.10. The van der Waals surface area contributed by atoms with Gasteiger partial charge in [0.1, 0.15) is 0 Å².